The van der Waals surface area contributed by atoms with Gasteiger partial charge in [0, 0.05) is 6.42 Å². The van der Waals surface area contributed by atoms with Gasteiger partial charge in [0.2, 0.25) is 5.91 Å². The van der Waals surface area contributed by atoms with Crippen LogP contribution in [0.3, 0.4) is 0 Å². The maximum Gasteiger partial charge on any atom is 0.220 e. The molecule has 0 spiro atoms. The van der Waals surface area contributed by atoms with Gasteiger partial charge < -0.3 is 40.3 Å². The molecule has 7 atom stereocenters. The average molecular weight is 1200 g/mol. The Bertz CT molecular complexity index is 1530. The zero-order valence-corrected chi connectivity index (χ0v) is 55.9. The molecule has 9 heteroatoms. The van der Waals surface area contributed by atoms with Crippen molar-refractivity contribution in [2.45, 2.75) is 403 Å². The Hall–Kier alpha value is -2.11. The third-order valence-electron chi connectivity index (χ3n) is 17.6. The van der Waals surface area contributed by atoms with Crippen LogP contribution in [0.2, 0.25) is 0 Å². The first-order valence-electron chi connectivity index (χ1n) is 37.0. The number of unbranched alkanes of at least 4 members (excludes halogenated alkanes) is 45. The molecule has 0 bridgehead atoms. The highest BCUT2D eigenvalue weighted by atomic mass is 16.7. The number of allylic oxidation sites excluding steroid dienone is 10. The molecule has 6 N–H and O–H groups in total. The van der Waals surface area contributed by atoms with Crippen LogP contribution >= 0.6 is 0 Å². The molecule has 1 fully saturated rings. The number of hydrogen-bond donors (Lipinski definition) is 6. The largest absolute Gasteiger partial charge is 0.394 e. The third kappa shape index (κ3) is 53.4. The number of aliphatic hydroxyl groups excluding tert-OH is 5. The van der Waals surface area contributed by atoms with E-state index in [1.54, 1.807) is 0 Å². The Labute approximate surface area is 526 Å². The second-order valence-electron chi connectivity index (χ2n) is 25.7. The summed E-state index contributed by atoms with van der Waals surface area (Å²) in [6.45, 7) is 3.78. The fraction of sp³-hybridized carbons (Fsp3) is 0.855. The summed E-state index contributed by atoms with van der Waals surface area (Å²) in [6.07, 6.45) is 83.0. The van der Waals surface area contributed by atoms with Crippen molar-refractivity contribution in [2.24, 2.45) is 0 Å². The Morgan fingerprint density at radius 2 is 0.729 bits per heavy atom. The fourth-order valence-electron chi connectivity index (χ4n) is 11.9. The van der Waals surface area contributed by atoms with E-state index in [1.807, 2.05) is 0 Å². The molecule has 1 saturated heterocycles. The van der Waals surface area contributed by atoms with Gasteiger partial charge in [0.05, 0.1) is 25.4 Å². The van der Waals surface area contributed by atoms with Crippen molar-refractivity contribution < 1.29 is 39.8 Å². The molecule has 1 aliphatic rings. The number of rotatable bonds is 65. The van der Waals surface area contributed by atoms with Crippen LogP contribution < -0.4 is 5.32 Å². The SMILES string of the molecule is CC/C=C\C/C=C\C/C=C\C/C=C\C/C=C\CCCCCCCCCCCCCCCCCCCC(=O)NC(COC1OC(CO)C(O)C(O)C1O)C(O)CCCCCCCCCCCCCCCCCCCCCCCCCCCCCCC. The minimum atomic E-state index is -1.56. The first kappa shape index (κ1) is 80.9. The summed E-state index contributed by atoms with van der Waals surface area (Å²) in [5, 5.41) is 55.0. The Kier molecular flexibility index (Phi) is 61.7. The first-order chi connectivity index (χ1) is 41.8. The number of amides is 1. The Morgan fingerprint density at radius 3 is 1.08 bits per heavy atom. The first-order valence-corrected chi connectivity index (χ1v) is 37.0. The molecule has 7 unspecified atom stereocenters. The number of ether oxygens (including phenoxy) is 2. The topological polar surface area (TPSA) is 149 Å². The van der Waals surface area contributed by atoms with Gasteiger partial charge in [-0.1, -0.05) is 357 Å². The number of nitrogens with one attached hydrogen (secondary N) is 1. The van der Waals surface area contributed by atoms with Gasteiger partial charge in [0.25, 0.3) is 0 Å². The van der Waals surface area contributed by atoms with Gasteiger partial charge in [-0.15, -0.1) is 0 Å². The number of hydrogen-bond acceptors (Lipinski definition) is 8. The summed E-state index contributed by atoms with van der Waals surface area (Å²) in [5.74, 6) is -0.139. The monoisotopic (exact) mass is 1200 g/mol. The van der Waals surface area contributed by atoms with E-state index in [9.17, 15) is 30.3 Å². The molecule has 0 radical (unpaired) electrons. The van der Waals surface area contributed by atoms with Crippen LogP contribution in [0, 0.1) is 0 Å². The maximum absolute atomic E-state index is 13.2. The number of aliphatic hydroxyl groups is 5. The quantitative estimate of drug-likeness (QED) is 0.0261. The van der Waals surface area contributed by atoms with E-state index in [2.05, 4.69) is 79.9 Å². The lowest BCUT2D eigenvalue weighted by Crippen LogP contribution is -2.60. The van der Waals surface area contributed by atoms with Crippen LogP contribution in [0.4, 0.5) is 0 Å². The van der Waals surface area contributed by atoms with E-state index in [1.165, 1.54) is 263 Å². The summed E-state index contributed by atoms with van der Waals surface area (Å²) in [5.41, 5.74) is 0. The molecule has 498 valence electrons. The molecule has 1 amide bonds. The van der Waals surface area contributed by atoms with Crippen LogP contribution in [0.1, 0.15) is 361 Å². The third-order valence-corrected chi connectivity index (χ3v) is 17.6. The molecule has 0 aromatic rings. The van der Waals surface area contributed by atoms with Gasteiger partial charge in [-0.3, -0.25) is 4.79 Å². The van der Waals surface area contributed by atoms with E-state index in [0.717, 1.165) is 70.6 Å². The molecule has 0 saturated carbocycles. The predicted molar refractivity (Wildman–Crippen MR) is 364 cm³/mol. The van der Waals surface area contributed by atoms with E-state index in [0.29, 0.717) is 12.8 Å². The zero-order chi connectivity index (χ0) is 61.4. The lowest BCUT2D eigenvalue weighted by atomic mass is 9.99. The second-order valence-corrected chi connectivity index (χ2v) is 25.7. The molecule has 1 rings (SSSR count). The molecular weight excluding hydrogens is 1050 g/mol. The van der Waals surface area contributed by atoms with E-state index >= 15 is 0 Å². The van der Waals surface area contributed by atoms with Crippen molar-refractivity contribution in [1.82, 2.24) is 5.32 Å². The fourth-order valence-corrected chi connectivity index (χ4v) is 11.9. The minimum Gasteiger partial charge on any atom is -0.394 e. The van der Waals surface area contributed by atoms with Crippen LogP contribution in [0.15, 0.2) is 60.8 Å². The normalized spacial score (nSPS) is 18.4. The highest BCUT2D eigenvalue weighted by Gasteiger charge is 2.44. The molecule has 0 aliphatic carbocycles. The van der Waals surface area contributed by atoms with Gasteiger partial charge in [-0.2, -0.15) is 0 Å². The van der Waals surface area contributed by atoms with Crippen molar-refractivity contribution in [3.8, 4) is 0 Å². The van der Waals surface area contributed by atoms with Gasteiger partial charge in [-0.05, 0) is 57.8 Å². The minimum absolute atomic E-state index is 0.136. The smallest absolute Gasteiger partial charge is 0.220 e. The van der Waals surface area contributed by atoms with Gasteiger partial charge in [-0.25, -0.2) is 0 Å². The molecular formula is C76H141NO8. The standard InChI is InChI=1S/C76H141NO8/c1-3-5-7-9-11-13-15-17-19-21-23-25-27-29-31-33-34-35-36-38-40-42-44-46-48-50-52-54-56-58-60-62-64-66-72(80)77-69(68-84-76-75(83)74(82)73(81)71(67-78)85-76)70(79)65-63-61-59-57-55-53-51-49-47-45-43-41-39-37-32-30-28-26-24-22-20-18-16-14-12-10-8-6-4-2/h5,7,11,13,17,19,23,25,29,31,69-71,73-76,78-79,81-83H,3-4,6,8-10,12,14-16,18,20-22,24,26-28,30,32-68H2,1-2H3,(H,77,80)/b7-5-,13-11-,19-17-,25-23-,31-29-. The van der Waals surface area contributed by atoms with Crippen molar-refractivity contribution in [2.75, 3.05) is 13.2 Å². The van der Waals surface area contributed by atoms with E-state index in [-0.39, 0.29) is 12.5 Å². The average Bonchev–Trinajstić information content (AvgIpc) is 3.68. The summed E-state index contributed by atoms with van der Waals surface area (Å²) in [6, 6.07) is -0.722. The molecule has 9 nitrogen and oxygen atoms in total. The van der Waals surface area contributed by atoms with Crippen molar-refractivity contribution in [1.29, 1.82) is 0 Å². The Balaban J connectivity index is 2.09. The maximum atomic E-state index is 13.2. The van der Waals surface area contributed by atoms with Gasteiger partial charge in [0.1, 0.15) is 24.4 Å². The van der Waals surface area contributed by atoms with E-state index in [4.69, 9.17) is 9.47 Å². The molecule has 0 aromatic carbocycles. The lowest BCUT2D eigenvalue weighted by Gasteiger charge is -2.40. The van der Waals surface area contributed by atoms with Crippen molar-refractivity contribution >= 4 is 5.91 Å². The van der Waals surface area contributed by atoms with Crippen LogP contribution in [0.5, 0.6) is 0 Å². The van der Waals surface area contributed by atoms with Crippen LogP contribution in [0.25, 0.3) is 0 Å². The van der Waals surface area contributed by atoms with E-state index < -0.39 is 49.5 Å². The van der Waals surface area contributed by atoms with Crippen LogP contribution in [-0.4, -0.2) is 87.5 Å². The molecule has 0 aromatic heterocycles. The van der Waals surface area contributed by atoms with Crippen molar-refractivity contribution in [3.63, 3.8) is 0 Å². The number of carbonyl (C=O) groups excluding carboxylic acids is 1. The highest BCUT2D eigenvalue weighted by molar-refractivity contribution is 5.76. The lowest BCUT2D eigenvalue weighted by molar-refractivity contribution is -0.302. The Morgan fingerprint density at radius 1 is 0.412 bits per heavy atom. The summed E-state index contributed by atoms with van der Waals surface area (Å²) in [7, 11) is 0. The molecule has 1 aliphatic heterocycles. The summed E-state index contributed by atoms with van der Waals surface area (Å²) >= 11 is 0. The number of carbonyl (C=O) groups is 1. The van der Waals surface area contributed by atoms with Crippen LogP contribution in [-0.2, 0) is 14.3 Å². The predicted octanol–water partition coefficient (Wildman–Crippen LogP) is 20.5. The second kappa shape index (κ2) is 64.9. The summed E-state index contributed by atoms with van der Waals surface area (Å²) < 4.78 is 11.4. The van der Waals surface area contributed by atoms with Gasteiger partial charge >= 0.3 is 0 Å². The molecule has 85 heavy (non-hydrogen) atoms. The van der Waals surface area contributed by atoms with Crippen molar-refractivity contribution in [3.05, 3.63) is 60.8 Å². The highest BCUT2D eigenvalue weighted by Crippen LogP contribution is 2.24. The van der Waals surface area contributed by atoms with Gasteiger partial charge in [0.15, 0.2) is 6.29 Å². The summed E-state index contributed by atoms with van der Waals surface area (Å²) in [4.78, 5) is 13.2. The molecule has 1 heterocycles. The zero-order valence-electron chi connectivity index (χ0n) is 55.9.